The molecule has 3 rings (SSSR count). The fraction of sp³-hybridized carbons (Fsp3) is 0.231. The standard InChI is InChI=1S/C26H28FN3O2/c1-2-3-7-20-10-12-21(13-11-20)25(31)28-18-19-30(24-16-14-22(27)15-17-24)26(32)29-23-8-5-4-6-9-23/h4-6,8-17H,2-3,7,18-19H2,1H3,(H,28,31)(H,29,32). The van der Waals surface area contributed by atoms with Crippen LogP contribution in [0.1, 0.15) is 35.7 Å². The molecule has 166 valence electrons. The van der Waals surface area contributed by atoms with Gasteiger partial charge in [-0.05, 0) is 66.9 Å². The molecular weight excluding hydrogens is 405 g/mol. The van der Waals surface area contributed by atoms with Gasteiger partial charge in [-0.3, -0.25) is 9.69 Å². The summed E-state index contributed by atoms with van der Waals surface area (Å²) in [6, 6.07) is 22.0. The molecule has 0 aromatic heterocycles. The van der Waals surface area contributed by atoms with Crippen LogP contribution < -0.4 is 15.5 Å². The summed E-state index contributed by atoms with van der Waals surface area (Å²) >= 11 is 0. The van der Waals surface area contributed by atoms with Gasteiger partial charge in [0.1, 0.15) is 5.82 Å². The first-order valence-electron chi connectivity index (χ1n) is 10.8. The van der Waals surface area contributed by atoms with E-state index < -0.39 is 0 Å². The number of aryl methyl sites for hydroxylation is 1. The number of anilines is 2. The second-order valence-corrected chi connectivity index (χ2v) is 7.48. The van der Waals surface area contributed by atoms with Crippen molar-refractivity contribution in [3.8, 4) is 0 Å². The Morgan fingerprint density at radius 3 is 2.25 bits per heavy atom. The van der Waals surface area contributed by atoms with Crippen LogP contribution in [0.15, 0.2) is 78.9 Å². The molecule has 3 aromatic carbocycles. The summed E-state index contributed by atoms with van der Waals surface area (Å²) < 4.78 is 13.4. The minimum absolute atomic E-state index is 0.199. The topological polar surface area (TPSA) is 61.4 Å². The lowest BCUT2D eigenvalue weighted by Gasteiger charge is -2.23. The number of benzene rings is 3. The van der Waals surface area contributed by atoms with Crippen molar-refractivity contribution in [1.29, 1.82) is 0 Å². The van der Waals surface area contributed by atoms with Gasteiger partial charge in [0.05, 0.1) is 0 Å². The van der Waals surface area contributed by atoms with Crippen molar-refractivity contribution in [1.82, 2.24) is 5.32 Å². The van der Waals surface area contributed by atoms with Crippen LogP contribution in [0.3, 0.4) is 0 Å². The van der Waals surface area contributed by atoms with Gasteiger partial charge >= 0.3 is 6.03 Å². The van der Waals surface area contributed by atoms with Gasteiger partial charge in [-0.15, -0.1) is 0 Å². The predicted octanol–water partition coefficient (Wildman–Crippen LogP) is 5.64. The van der Waals surface area contributed by atoms with Crippen molar-refractivity contribution in [3.05, 3.63) is 95.8 Å². The molecule has 0 bridgehead atoms. The van der Waals surface area contributed by atoms with Gasteiger partial charge in [-0.25, -0.2) is 9.18 Å². The van der Waals surface area contributed by atoms with Gasteiger partial charge in [0, 0.05) is 30.0 Å². The molecule has 32 heavy (non-hydrogen) atoms. The molecule has 3 amide bonds. The molecule has 0 saturated carbocycles. The quantitative estimate of drug-likeness (QED) is 0.459. The number of carbonyl (C=O) groups is 2. The molecule has 0 aliphatic heterocycles. The van der Waals surface area contributed by atoms with E-state index in [0.29, 0.717) is 16.9 Å². The maximum Gasteiger partial charge on any atom is 0.326 e. The Balaban J connectivity index is 1.62. The van der Waals surface area contributed by atoms with E-state index in [1.807, 2.05) is 42.5 Å². The average Bonchev–Trinajstić information content (AvgIpc) is 2.82. The highest BCUT2D eigenvalue weighted by Gasteiger charge is 2.16. The Bertz CT molecular complexity index is 1010. The zero-order valence-electron chi connectivity index (χ0n) is 18.2. The van der Waals surface area contributed by atoms with Crippen molar-refractivity contribution < 1.29 is 14.0 Å². The summed E-state index contributed by atoms with van der Waals surface area (Å²) in [5.74, 6) is -0.581. The third-order valence-corrected chi connectivity index (χ3v) is 5.06. The third kappa shape index (κ3) is 6.67. The van der Waals surface area contributed by atoms with Crippen LogP contribution >= 0.6 is 0 Å². The summed E-state index contributed by atoms with van der Waals surface area (Å²) in [6.45, 7) is 2.62. The fourth-order valence-electron chi connectivity index (χ4n) is 3.27. The van der Waals surface area contributed by atoms with Crippen molar-refractivity contribution in [2.45, 2.75) is 26.2 Å². The largest absolute Gasteiger partial charge is 0.350 e. The molecule has 0 aliphatic rings. The van der Waals surface area contributed by atoms with Gasteiger partial charge in [-0.2, -0.15) is 0 Å². The highest BCUT2D eigenvalue weighted by atomic mass is 19.1. The molecule has 6 heteroatoms. The summed E-state index contributed by atoms with van der Waals surface area (Å²) in [7, 11) is 0. The van der Waals surface area contributed by atoms with Crippen molar-refractivity contribution >= 4 is 23.3 Å². The normalized spacial score (nSPS) is 10.4. The van der Waals surface area contributed by atoms with E-state index in [9.17, 15) is 14.0 Å². The Labute approximate surface area is 188 Å². The fourth-order valence-corrected chi connectivity index (χ4v) is 3.27. The number of amides is 3. The van der Waals surface area contributed by atoms with E-state index in [4.69, 9.17) is 0 Å². The highest BCUT2D eigenvalue weighted by Crippen LogP contribution is 2.17. The van der Waals surface area contributed by atoms with Gasteiger partial charge in [0.2, 0.25) is 0 Å². The first kappa shape index (κ1) is 23.0. The molecule has 0 radical (unpaired) electrons. The number of rotatable bonds is 9. The van der Waals surface area contributed by atoms with E-state index in [2.05, 4.69) is 17.6 Å². The third-order valence-electron chi connectivity index (χ3n) is 5.06. The minimum atomic E-state index is -0.382. The molecule has 0 unspecified atom stereocenters. The number of nitrogens with zero attached hydrogens (tertiary/aromatic N) is 1. The van der Waals surface area contributed by atoms with Gasteiger partial charge in [0.25, 0.3) is 5.91 Å². The number of hydrogen-bond donors (Lipinski definition) is 2. The van der Waals surface area contributed by atoms with Crippen LogP contribution in [0.2, 0.25) is 0 Å². The van der Waals surface area contributed by atoms with Crippen LogP contribution in [-0.4, -0.2) is 25.0 Å². The number of urea groups is 1. The first-order chi connectivity index (χ1) is 15.6. The van der Waals surface area contributed by atoms with Crippen molar-refractivity contribution in [2.75, 3.05) is 23.3 Å². The second kappa shape index (κ2) is 11.6. The molecule has 0 atom stereocenters. The van der Waals surface area contributed by atoms with E-state index >= 15 is 0 Å². The summed E-state index contributed by atoms with van der Waals surface area (Å²) in [4.78, 5) is 26.9. The van der Waals surface area contributed by atoms with Crippen molar-refractivity contribution in [3.63, 3.8) is 0 Å². The Morgan fingerprint density at radius 2 is 1.59 bits per heavy atom. The Kier molecular flexibility index (Phi) is 8.37. The van der Waals surface area contributed by atoms with Crippen LogP contribution in [0, 0.1) is 5.82 Å². The zero-order valence-corrected chi connectivity index (χ0v) is 18.2. The van der Waals surface area contributed by atoms with Crippen LogP contribution in [0.4, 0.5) is 20.6 Å². The molecule has 0 spiro atoms. The van der Waals surface area contributed by atoms with Gasteiger partial charge < -0.3 is 10.6 Å². The smallest absolute Gasteiger partial charge is 0.326 e. The second-order valence-electron chi connectivity index (χ2n) is 7.48. The SMILES string of the molecule is CCCCc1ccc(C(=O)NCCN(C(=O)Nc2ccccc2)c2ccc(F)cc2)cc1. The number of carbonyl (C=O) groups excluding carboxylic acids is 2. The summed E-state index contributed by atoms with van der Waals surface area (Å²) in [5.41, 5.74) is 2.97. The predicted molar refractivity (Wildman–Crippen MR) is 127 cm³/mol. The lowest BCUT2D eigenvalue weighted by atomic mass is 10.1. The lowest BCUT2D eigenvalue weighted by molar-refractivity contribution is 0.0954. The Hall–Kier alpha value is -3.67. The summed E-state index contributed by atoms with van der Waals surface area (Å²) in [6.07, 6.45) is 3.25. The molecule has 2 N–H and O–H groups in total. The molecular formula is C26H28FN3O2. The number of unbranched alkanes of at least 4 members (excludes halogenated alkanes) is 1. The highest BCUT2D eigenvalue weighted by molar-refractivity contribution is 6.01. The monoisotopic (exact) mass is 433 g/mol. The maximum atomic E-state index is 13.4. The van der Waals surface area contributed by atoms with Crippen molar-refractivity contribution in [2.24, 2.45) is 0 Å². The molecule has 0 fully saturated rings. The van der Waals surface area contributed by atoms with E-state index in [1.165, 1.54) is 34.7 Å². The molecule has 0 heterocycles. The number of para-hydroxylation sites is 1. The maximum absolute atomic E-state index is 13.4. The van der Waals surface area contributed by atoms with Crippen LogP contribution in [-0.2, 0) is 6.42 Å². The lowest BCUT2D eigenvalue weighted by Crippen LogP contribution is -2.41. The summed E-state index contributed by atoms with van der Waals surface area (Å²) in [5, 5.41) is 5.69. The minimum Gasteiger partial charge on any atom is -0.350 e. The zero-order chi connectivity index (χ0) is 22.8. The average molecular weight is 434 g/mol. The number of halogens is 1. The molecule has 3 aromatic rings. The van der Waals surface area contributed by atoms with E-state index in [-0.39, 0.29) is 30.8 Å². The first-order valence-corrected chi connectivity index (χ1v) is 10.8. The molecule has 0 saturated heterocycles. The Morgan fingerprint density at radius 1 is 0.906 bits per heavy atom. The van der Waals surface area contributed by atoms with Crippen LogP contribution in [0.5, 0.6) is 0 Å². The number of hydrogen-bond acceptors (Lipinski definition) is 2. The van der Waals surface area contributed by atoms with E-state index in [0.717, 1.165) is 19.3 Å². The molecule has 5 nitrogen and oxygen atoms in total. The number of nitrogens with one attached hydrogen (secondary N) is 2. The molecule has 0 aliphatic carbocycles. The van der Waals surface area contributed by atoms with Gasteiger partial charge in [0.15, 0.2) is 0 Å². The van der Waals surface area contributed by atoms with E-state index in [1.54, 1.807) is 12.1 Å². The van der Waals surface area contributed by atoms with Crippen LogP contribution in [0.25, 0.3) is 0 Å². The van der Waals surface area contributed by atoms with Gasteiger partial charge in [-0.1, -0.05) is 43.7 Å².